The highest BCUT2D eigenvalue weighted by Gasteiger charge is 2.05. The molecule has 0 fully saturated rings. The van der Waals surface area contributed by atoms with Gasteiger partial charge >= 0.3 is 6.03 Å². The number of benzene rings is 1. The number of carbonyl (C=O) groups excluding carboxylic acids is 2. The van der Waals surface area contributed by atoms with Gasteiger partial charge in [-0.25, -0.2) is 9.18 Å². The molecule has 4 nitrogen and oxygen atoms in total. The average Bonchev–Trinajstić information content (AvgIpc) is 2.26. The van der Waals surface area contributed by atoms with Crippen LogP contribution in [-0.2, 0) is 11.3 Å². The summed E-state index contributed by atoms with van der Waals surface area (Å²) in [5.74, 6) is -1.25. The van der Waals surface area contributed by atoms with E-state index in [2.05, 4.69) is 5.32 Å². The predicted molar refractivity (Wildman–Crippen MR) is 57.5 cm³/mol. The summed E-state index contributed by atoms with van der Waals surface area (Å²) in [4.78, 5) is 21.8. The lowest BCUT2D eigenvalue weighted by Gasteiger charge is -2.05. The first-order valence-electron chi connectivity index (χ1n) is 4.50. The van der Waals surface area contributed by atoms with E-state index < -0.39 is 11.9 Å². The average molecular weight is 245 g/mol. The molecule has 6 heteroatoms. The first-order chi connectivity index (χ1) is 7.61. The zero-order valence-electron chi connectivity index (χ0n) is 8.30. The maximum atomic E-state index is 12.8. The van der Waals surface area contributed by atoms with E-state index in [0.717, 1.165) is 0 Å². The molecule has 1 aromatic rings. The largest absolute Gasteiger partial charge is 0.334 e. The number of alkyl halides is 1. The fraction of sp³-hybridized carbons (Fsp3) is 0.200. The van der Waals surface area contributed by atoms with Crippen molar-refractivity contribution < 1.29 is 14.0 Å². The summed E-state index contributed by atoms with van der Waals surface area (Å²) in [6.07, 6.45) is 0. The van der Waals surface area contributed by atoms with Gasteiger partial charge in [0, 0.05) is 6.54 Å². The summed E-state index contributed by atoms with van der Waals surface area (Å²) in [5, 5.41) is 4.39. The van der Waals surface area contributed by atoms with Gasteiger partial charge in [-0.15, -0.1) is 11.6 Å². The van der Waals surface area contributed by atoms with E-state index >= 15 is 0 Å². The Balaban J connectivity index is 2.40. The summed E-state index contributed by atoms with van der Waals surface area (Å²) < 4.78 is 12.8. The highest BCUT2D eigenvalue weighted by atomic mass is 35.5. The van der Waals surface area contributed by atoms with Gasteiger partial charge in [-0.2, -0.15) is 0 Å². The molecule has 0 unspecified atom stereocenters. The maximum Gasteiger partial charge on any atom is 0.321 e. The van der Waals surface area contributed by atoms with Gasteiger partial charge in [-0.1, -0.05) is 12.1 Å². The molecule has 0 radical (unpaired) electrons. The van der Waals surface area contributed by atoms with Crippen LogP contribution in [0.1, 0.15) is 5.56 Å². The van der Waals surface area contributed by atoms with Gasteiger partial charge in [0.25, 0.3) is 0 Å². The minimum Gasteiger partial charge on any atom is -0.334 e. The number of amides is 3. The lowest BCUT2D eigenvalue weighted by Crippen LogP contribution is -2.39. The number of imide groups is 1. The van der Waals surface area contributed by atoms with E-state index in [1.54, 1.807) is 6.07 Å². The fourth-order valence-electron chi connectivity index (χ4n) is 1.03. The van der Waals surface area contributed by atoms with Crippen molar-refractivity contribution in [3.8, 4) is 0 Å². The van der Waals surface area contributed by atoms with Crippen LogP contribution in [0, 0.1) is 5.82 Å². The van der Waals surface area contributed by atoms with Crippen LogP contribution in [-0.4, -0.2) is 17.8 Å². The second kappa shape index (κ2) is 6.07. The van der Waals surface area contributed by atoms with Crippen LogP contribution in [0.25, 0.3) is 0 Å². The van der Waals surface area contributed by atoms with Crippen molar-refractivity contribution in [1.82, 2.24) is 10.6 Å². The third kappa shape index (κ3) is 4.27. The van der Waals surface area contributed by atoms with Crippen molar-refractivity contribution in [2.45, 2.75) is 6.54 Å². The molecule has 1 aromatic carbocycles. The van der Waals surface area contributed by atoms with E-state index in [4.69, 9.17) is 11.6 Å². The van der Waals surface area contributed by atoms with Gasteiger partial charge in [0.1, 0.15) is 11.7 Å². The number of halogens is 2. The van der Waals surface area contributed by atoms with Crippen LogP contribution in [0.2, 0.25) is 0 Å². The third-order valence-corrected chi connectivity index (χ3v) is 1.96. The van der Waals surface area contributed by atoms with E-state index in [-0.39, 0.29) is 18.2 Å². The number of carbonyl (C=O) groups is 2. The Morgan fingerprint density at radius 2 is 2.12 bits per heavy atom. The van der Waals surface area contributed by atoms with Gasteiger partial charge in [-0.05, 0) is 17.7 Å². The van der Waals surface area contributed by atoms with Crippen molar-refractivity contribution >= 4 is 23.5 Å². The second-order valence-electron chi connectivity index (χ2n) is 2.99. The van der Waals surface area contributed by atoms with E-state index in [0.29, 0.717) is 5.56 Å². The third-order valence-electron chi connectivity index (χ3n) is 1.72. The van der Waals surface area contributed by atoms with Crippen molar-refractivity contribution in [2.24, 2.45) is 0 Å². The Bertz CT molecular complexity index is 398. The van der Waals surface area contributed by atoms with Crippen LogP contribution >= 0.6 is 11.6 Å². The number of nitrogens with one attached hydrogen (secondary N) is 2. The molecule has 0 spiro atoms. The Morgan fingerprint density at radius 1 is 1.38 bits per heavy atom. The normalized spacial score (nSPS) is 9.62. The van der Waals surface area contributed by atoms with Crippen molar-refractivity contribution in [3.63, 3.8) is 0 Å². The second-order valence-corrected chi connectivity index (χ2v) is 3.26. The highest BCUT2D eigenvalue weighted by Crippen LogP contribution is 2.02. The molecule has 0 aliphatic rings. The summed E-state index contributed by atoms with van der Waals surface area (Å²) in [6, 6.07) is 5.14. The fourth-order valence-corrected chi connectivity index (χ4v) is 1.10. The molecule has 0 saturated carbocycles. The SMILES string of the molecule is O=C(CCl)NC(=O)NCc1cccc(F)c1. The Labute approximate surface area is 96.8 Å². The molecule has 0 atom stereocenters. The summed E-state index contributed by atoms with van der Waals surface area (Å²) in [5.41, 5.74) is 0.605. The topological polar surface area (TPSA) is 58.2 Å². The molecule has 0 aliphatic heterocycles. The number of rotatable bonds is 3. The van der Waals surface area contributed by atoms with Crippen LogP contribution in [0.4, 0.5) is 9.18 Å². The molecule has 16 heavy (non-hydrogen) atoms. The lowest BCUT2D eigenvalue weighted by molar-refractivity contribution is -0.117. The molecule has 0 bridgehead atoms. The molecule has 0 aromatic heterocycles. The Hall–Kier alpha value is -1.62. The van der Waals surface area contributed by atoms with Gasteiger partial charge in [0.05, 0.1) is 0 Å². The van der Waals surface area contributed by atoms with Crippen LogP contribution in [0.15, 0.2) is 24.3 Å². The molecule has 3 amide bonds. The molecule has 0 aliphatic carbocycles. The van der Waals surface area contributed by atoms with Crippen LogP contribution in [0.3, 0.4) is 0 Å². The van der Waals surface area contributed by atoms with Gasteiger partial charge in [-0.3, -0.25) is 10.1 Å². The number of hydrogen-bond donors (Lipinski definition) is 2. The smallest absolute Gasteiger partial charge is 0.321 e. The number of urea groups is 1. The molecule has 2 N–H and O–H groups in total. The van der Waals surface area contributed by atoms with Gasteiger partial charge < -0.3 is 5.32 Å². The quantitative estimate of drug-likeness (QED) is 0.790. The van der Waals surface area contributed by atoms with Crippen LogP contribution < -0.4 is 10.6 Å². The predicted octanol–water partition coefficient (Wildman–Crippen LogP) is 1.39. The monoisotopic (exact) mass is 244 g/mol. The molecular formula is C10H10ClFN2O2. The minimum atomic E-state index is -0.657. The molecule has 86 valence electrons. The van der Waals surface area contributed by atoms with Crippen molar-refractivity contribution in [2.75, 3.05) is 5.88 Å². The van der Waals surface area contributed by atoms with E-state index in [1.807, 2.05) is 5.32 Å². The highest BCUT2D eigenvalue weighted by molar-refractivity contribution is 6.28. The van der Waals surface area contributed by atoms with Gasteiger partial charge in [0.15, 0.2) is 0 Å². The summed E-state index contributed by atoms with van der Waals surface area (Å²) in [6.45, 7) is 0.138. The minimum absolute atomic E-state index is 0.138. The summed E-state index contributed by atoms with van der Waals surface area (Å²) in [7, 11) is 0. The maximum absolute atomic E-state index is 12.8. The molecule has 1 rings (SSSR count). The van der Waals surface area contributed by atoms with Gasteiger partial charge in [0.2, 0.25) is 5.91 Å². The van der Waals surface area contributed by atoms with Crippen LogP contribution in [0.5, 0.6) is 0 Å². The first-order valence-corrected chi connectivity index (χ1v) is 5.03. The summed E-state index contributed by atoms with van der Waals surface area (Å²) >= 11 is 5.19. The van der Waals surface area contributed by atoms with E-state index in [1.165, 1.54) is 18.2 Å². The molecular weight excluding hydrogens is 235 g/mol. The Kier molecular flexibility index (Phi) is 4.72. The number of hydrogen-bond acceptors (Lipinski definition) is 2. The van der Waals surface area contributed by atoms with Crippen molar-refractivity contribution in [3.05, 3.63) is 35.6 Å². The van der Waals surface area contributed by atoms with Crippen molar-refractivity contribution in [1.29, 1.82) is 0 Å². The standard InChI is InChI=1S/C10H10ClFN2O2/c11-5-9(15)14-10(16)13-6-7-2-1-3-8(12)4-7/h1-4H,5-6H2,(H2,13,14,15,16). The van der Waals surface area contributed by atoms with E-state index in [9.17, 15) is 14.0 Å². The zero-order valence-corrected chi connectivity index (χ0v) is 9.05. The Morgan fingerprint density at radius 3 is 2.75 bits per heavy atom. The first kappa shape index (κ1) is 12.4. The zero-order chi connectivity index (χ0) is 12.0. The molecule has 0 heterocycles. The lowest BCUT2D eigenvalue weighted by atomic mass is 10.2. The molecule has 0 saturated heterocycles.